The predicted octanol–water partition coefficient (Wildman–Crippen LogP) is 3.84. The molecule has 0 radical (unpaired) electrons. The number of carbonyl (C=O) groups is 1. The van der Waals surface area contributed by atoms with E-state index in [2.05, 4.69) is 29.2 Å². The number of aliphatic hydroxyl groups is 1. The molecule has 1 aliphatic rings. The van der Waals surface area contributed by atoms with E-state index in [1.165, 1.54) is 0 Å². The molecule has 5 heteroatoms. The van der Waals surface area contributed by atoms with Crippen LogP contribution in [0, 0.1) is 0 Å². The van der Waals surface area contributed by atoms with E-state index < -0.39 is 5.41 Å². The van der Waals surface area contributed by atoms with Gasteiger partial charge in [0.15, 0.2) is 0 Å². The molecule has 0 aliphatic heterocycles. The van der Waals surface area contributed by atoms with Gasteiger partial charge in [0, 0.05) is 12.6 Å². The van der Waals surface area contributed by atoms with E-state index in [4.69, 9.17) is 4.74 Å². The molecule has 0 amide bonds. The lowest BCUT2D eigenvalue weighted by Gasteiger charge is -2.14. The molecular weight excluding hydrogens is 352 g/mol. The number of ether oxygens (including phenoxy) is 1. The second-order valence-electron chi connectivity index (χ2n) is 7.27. The number of esters is 1. The van der Waals surface area contributed by atoms with Crippen LogP contribution in [0.3, 0.4) is 0 Å². The molecule has 0 bridgehead atoms. The average molecular weight is 376 g/mol. The van der Waals surface area contributed by atoms with Crippen LogP contribution in [0.2, 0.25) is 0 Å². The highest BCUT2D eigenvalue weighted by Gasteiger charge is 2.52. The van der Waals surface area contributed by atoms with Crippen molar-refractivity contribution < 1.29 is 14.6 Å². The van der Waals surface area contributed by atoms with Gasteiger partial charge in [0.25, 0.3) is 0 Å². The summed E-state index contributed by atoms with van der Waals surface area (Å²) in [5.41, 5.74) is 5.37. The molecule has 0 atom stereocenters. The van der Waals surface area contributed by atoms with Gasteiger partial charge in [-0.25, -0.2) is 4.98 Å². The first-order valence-corrected chi connectivity index (χ1v) is 9.58. The molecule has 1 aromatic heterocycles. The Kier molecular flexibility index (Phi) is 4.77. The number of aliphatic hydroxyl groups excluding tert-OH is 1. The maximum Gasteiger partial charge on any atom is 0.316 e. The topological polar surface area (TPSA) is 64.3 Å². The lowest BCUT2D eigenvalue weighted by molar-refractivity contribution is -0.146. The first-order valence-electron chi connectivity index (χ1n) is 9.58. The van der Waals surface area contributed by atoms with Crippen LogP contribution in [0.5, 0.6) is 0 Å². The predicted molar refractivity (Wildman–Crippen MR) is 108 cm³/mol. The summed E-state index contributed by atoms with van der Waals surface area (Å²) in [7, 11) is 1.88. The van der Waals surface area contributed by atoms with E-state index in [0.29, 0.717) is 6.61 Å². The molecule has 2 aromatic carbocycles. The summed E-state index contributed by atoms with van der Waals surface area (Å²) in [5.74, 6) is -0.109. The van der Waals surface area contributed by atoms with E-state index in [1.807, 2.05) is 42.8 Å². The Hall–Kier alpha value is -2.92. The maximum absolute atomic E-state index is 12.3. The Labute approximate surface area is 164 Å². The van der Waals surface area contributed by atoms with Gasteiger partial charge in [0.2, 0.25) is 0 Å². The van der Waals surface area contributed by atoms with Crippen LogP contribution in [0.1, 0.15) is 31.0 Å². The molecule has 1 N–H and O–H groups in total. The monoisotopic (exact) mass is 376 g/mol. The average Bonchev–Trinajstić information content (AvgIpc) is 3.46. The molecule has 4 rings (SSSR count). The normalized spacial score (nSPS) is 14.7. The van der Waals surface area contributed by atoms with Gasteiger partial charge in [-0.1, -0.05) is 48.5 Å². The van der Waals surface area contributed by atoms with Crippen molar-refractivity contribution >= 4 is 5.97 Å². The van der Waals surface area contributed by atoms with E-state index in [0.717, 1.165) is 46.5 Å². The van der Waals surface area contributed by atoms with Crippen molar-refractivity contribution in [3.8, 4) is 22.4 Å². The molecule has 0 spiro atoms. The van der Waals surface area contributed by atoms with Gasteiger partial charge in [-0.3, -0.25) is 4.79 Å². The minimum absolute atomic E-state index is 0.0444. The number of aromatic nitrogens is 2. The molecule has 1 aliphatic carbocycles. The molecule has 1 fully saturated rings. The minimum atomic E-state index is -0.432. The SMILES string of the molecule is CCOC(=O)C1(c2ccc(-c3ccc(-c4ncn(C)c4CO)cc3)cc2)CC1. The van der Waals surface area contributed by atoms with Gasteiger partial charge in [0.05, 0.1) is 36.3 Å². The van der Waals surface area contributed by atoms with Crippen LogP contribution in [-0.2, 0) is 28.6 Å². The van der Waals surface area contributed by atoms with Crippen LogP contribution in [0.15, 0.2) is 54.9 Å². The van der Waals surface area contributed by atoms with Crippen LogP contribution in [-0.4, -0.2) is 27.2 Å². The van der Waals surface area contributed by atoms with Crippen molar-refractivity contribution in [1.29, 1.82) is 0 Å². The number of carbonyl (C=O) groups excluding carboxylic acids is 1. The van der Waals surface area contributed by atoms with Gasteiger partial charge < -0.3 is 14.4 Å². The molecule has 144 valence electrons. The molecule has 28 heavy (non-hydrogen) atoms. The highest BCUT2D eigenvalue weighted by Crippen LogP contribution is 2.49. The Morgan fingerprint density at radius 3 is 2.18 bits per heavy atom. The van der Waals surface area contributed by atoms with E-state index in [9.17, 15) is 9.90 Å². The first-order chi connectivity index (χ1) is 13.6. The van der Waals surface area contributed by atoms with Gasteiger partial charge in [-0.15, -0.1) is 0 Å². The molecule has 3 aromatic rings. The Bertz CT molecular complexity index is 984. The Morgan fingerprint density at radius 1 is 1.07 bits per heavy atom. The van der Waals surface area contributed by atoms with Crippen LogP contribution in [0.25, 0.3) is 22.4 Å². The van der Waals surface area contributed by atoms with E-state index in [1.54, 1.807) is 6.33 Å². The highest BCUT2D eigenvalue weighted by molar-refractivity contribution is 5.87. The fraction of sp³-hybridized carbons (Fsp3) is 0.304. The fourth-order valence-corrected chi connectivity index (χ4v) is 3.69. The summed E-state index contributed by atoms with van der Waals surface area (Å²) in [5, 5.41) is 9.56. The zero-order valence-corrected chi connectivity index (χ0v) is 16.2. The summed E-state index contributed by atoms with van der Waals surface area (Å²) < 4.78 is 7.08. The number of nitrogens with zero attached hydrogens (tertiary/aromatic N) is 2. The van der Waals surface area contributed by atoms with Gasteiger partial charge >= 0.3 is 5.97 Å². The Morgan fingerprint density at radius 2 is 1.64 bits per heavy atom. The number of aryl methyl sites for hydroxylation is 1. The third kappa shape index (κ3) is 3.12. The summed E-state index contributed by atoms with van der Waals surface area (Å²) in [6.07, 6.45) is 3.43. The van der Waals surface area contributed by atoms with E-state index in [-0.39, 0.29) is 12.6 Å². The molecule has 1 saturated carbocycles. The van der Waals surface area contributed by atoms with Gasteiger partial charge in [0.1, 0.15) is 0 Å². The second kappa shape index (κ2) is 7.24. The van der Waals surface area contributed by atoms with Crippen molar-refractivity contribution in [2.24, 2.45) is 7.05 Å². The smallest absolute Gasteiger partial charge is 0.316 e. The first kappa shape index (κ1) is 18.4. The van der Waals surface area contributed by atoms with Crippen molar-refractivity contribution in [2.75, 3.05) is 6.61 Å². The summed E-state index contributed by atoms with van der Waals surface area (Å²) in [4.78, 5) is 16.7. The molecule has 5 nitrogen and oxygen atoms in total. The number of benzene rings is 2. The summed E-state index contributed by atoms with van der Waals surface area (Å²) >= 11 is 0. The fourth-order valence-electron chi connectivity index (χ4n) is 3.69. The van der Waals surface area contributed by atoms with Crippen molar-refractivity contribution in [3.05, 3.63) is 66.1 Å². The van der Waals surface area contributed by atoms with Crippen LogP contribution >= 0.6 is 0 Å². The van der Waals surface area contributed by atoms with Crippen LogP contribution in [0.4, 0.5) is 0 Å². The zero-order chi connectivity index (χ0) is 19.7. The third-order valence-electron chi connectivity index (χ3n) is 5.55. The van der Waals surface area contributed by atoms with Crippen LogP contribution < -0.4 is 0 Å². The molecule has 0 saturated heterocycles. The largest absolute Gasteiger partial charge is 0.465 e. The Balaban J connectivity index is 1.56. The van der Waals surface area contributed by atoms with Gasteiger partial charge in [-0.2, -0.15) is 0 Å². The second-order valence-corrected chi connectivity index (χ2v) is 7.27. The summed E-state index contributed by atoms with van der Waals surface area (Å²) in [6, 6.07) is 16.3. The number of hydrogen-bond donors (Lipinski definition) is 1. The van der Waals surface area contributed by atoms with E-state index >= 15 is 0 Å². The van der Waals surface area contributed by atoms with Crippen molar-refractivity contribution in [2.45, 2.75) is 31.8 Å². The molecular formula is C23H24N2O3. The zero-order valence-electron chi connectivity index (χ0n) is 16.2. The standard InChI is InChI=1S/C23H24N2O3/c1-3-28-22(27)23(12-13-23)19-10-8-17(9-11-19)16-4-6-18(7-5-16)21-20(14-26)25(2)15-24-21/h4-11,15,26H,3,12-14H2,1-2H3. The van der Waals surface area contributed by atoms with Crippen molar-refractivity contribution in [3.63, 3.8) is 0 Å². The van der Waals surface area contributed by atoms with Gasteiger partial charge in [-0.05, 0) is 36.5 Å². The molecule has 0 unspecified atom stereocenters. The quantitative estimate of drug-likeness (QED) is 0.664. The third-order valence-corrected chi connectivity index (χ3v) is 5.55. The number of imidazole rings is 1. The lowest BCUT2D eigenvalue weighted by atomic mass is 9.93. The number of hydrogen-bond acceptors (Lipinski definition) is 4. The van der Waals surface area contributed by atoms with Crippen molar-refractivity contribution in [1.82, 2.24) is 9.55 Å². The highest BCUT2D eigenvalue weighted by atomic mass is 16.5. The summed E-state index contributed by atoms with van der Waals surface area (Å²) in [6.45, 7) is 2.21. The molecule has 1 heterocycles. The maximum atomic E-state index is 12.3. The lowest BCUT2D eigenvalue weighted by Crippen LogP contribution is -2.23. The number of rotatable bonds is 6. The minimum Gasteiger partial charge on any atom is -0.465 e.